The third-order valence-electron chi connectivity index (χ3n) is 3.02. The van der Waals surface area contributed by atoms with Gasteiger partial charge in [-0.3, -0.25) is 4.98 Å². The zero-order valence-corrected chi connectivity index (χ0v) is 13.1. The lowest BCUT2D eigenvalue weighted by molar-refractivity contribution is -0.141. The maximum Gasteiger partial charge on any atom is 0.433 e. The van der Waals surface area contributed by atoms with Gasteiger partial charge >= 0.3 is 12.3 Å². The minimum absolute atomic E-state index is 0.162. The molecule has 0 atom stereocenters. The quantitative estimate of drug-likeness (QED) is 0.676. The van der Waals surface area contributed by atoms with E-state index in [1.54, 1.807) is 0 Å². The van der Waals surface area contributed by atoms with Crippen molar-refractivity contribution in [1.29, 1.82) is 0 Å². The van der Waals surface area contributed by atoms with Gasteiger partial charge in [-0.15, -0.1) is 0 Å². The van der Waals surface area contributed by atoms with Crippen LogP contribution in [0.25, 0.3) is 0 Å². The van der Waals surface area contributed by atoms with Crippen molar-refractivity contribution in [3.63, 3.8) is 0 Å². The van der Waals surface area contributed by atoms with Gasteiger partial charge in [0.25, 0.3) is 0 Å². The highest BCUT2D eigenvalue weighted by Crippen LogP contribution is 2.27. The summed E-state index contributed by atoms with van der Waals surface area (Å²) in [6.45, 7) is 0.396. The average molecular weight is 348 g/mol. The molecule has 4 nitrogen and oxygen atoms in total. The number of amides is 1. The van der Waals surface area contributed by atoms with Crippen LogP contribution in [0.3, 0.4) is 0 Å². The molecule has 2 rings (SSSR count). The van der Waals surface area contributed by atoms with Gasteiger partial charge in [-0.2, -0.15) is 13.2 Å². The van der Waals surface area contributed by atoms with Gasteiger partial charge in [0.1, 0.15) is 12.3 Å². The molecule has 0 bridgehead atoms. The zero-order chi connectivity index (χ0) is 18.1. The maximum atomic E-state index is 12.5. The van der Waals surface area contributed by atoms with Gasteiger partial charge in [-0.05, 0) is 17.7 Å². The van der Waals surface area contributed by atoms with Crippen LogP contribution in [0.2, 0.25) is 0 Å². The Bertz CT molecular complexity index is 765. The Hall–Kier alpha value is -3.01. The Kier molecular flexibility index (Phi) is 6.40. The number of ether oxygens (including phenoxy) is 1. The number of alkyl carbamates (subject to hydrolysis) is 1. The van der Waals surface area contributed by atoms with Crippen molar-refractivity contribution < 1.29 is 22.7 Å². The van der Waals surface area contributed by atoms with Gasteiger partial charge in [-0.1, -0.05) is 42.2 Å². The molecule has 1 N–H and O–H groups in total. The first-order valence-electron chi connectivity index (χ1n) is 7.42. The van der Waals surface area contributed by atoms with Crippen LogP contribution in [-0.2, 0) is 17.5 Å². The SMILES string of the molecule is O=C(NCCC#Cc1ccnc(C(F)(F)F)c1)OCc1ccccc1. The molecule has 0 radical (unpaired) electrons. The van der Waals surface area contributed by atoms with Crippen LogP contribution < -0.4 is 5.32 Å². The summed E-state index contributed by atoms with van der Waals surface area (Å²) in [7, 11) is 0. The van der Waals surface area contributed by atoms with Gasteiger partial charge in [0, 0.05) is 24.7 Å². The van der Waals surface area contributed by atoms with E-state index in [1.807, 2.05) is 30.3 Å². The Morgan fingerprint density at radius 1 is 1.20 bits per heavy atom. The molecule has 130 valence electrons. The first-order valence-corrected chi connectivity index (χ1v) is 7.42. The highest BCUT2D eigenvalue weighted by atomic mass is 19.4. The third-order valence-corrected chi connectivity index (χ3v) is 3.02. The first-order chi connectivity index (χ1) is 11.9. The minimum Gasteiger partial charge on any atom is -0.445 e. The van der Waals surface area contributed by atoms with Gasteiger partial charge in [0.05, 0.1) is 0 Å². The van der Waals surface area contributed by atoms with Crippen LogP contribution in [0.15, 0.2) is 48.7 Å². The first kappa shape index (κ1) is 18.3. The van der Waals surface area contributed by atoms with E-state index in [4.69, 9.17) is 4.74 Å². The summed E-state index contributed by atoms with van der Waals surface area (Å²) in [6, 6.07) is 11.5. The molecule has 1 amide bonds. The van der Waals surface area contributed by atoms with Gasteiger partial charge in [0.2, 0.25) is 0 Å². The van der Waals surface area contributed by atoms with E-state index in [-0.39, 0.29) is 25.1 Å². The van der Waals surface area contributed by atoms with E-state index in [0.29, 0.717) is 0 Å². The molecule has 1 aromatic heterocycles. The van der Waals surface area contributed by atoms with Crippen LogP contribution in [0.5, 0.6) is 0 Å². The molecule has 0 aliphatic heterocycles. The van der Waals surface area contributed by atoms with E-state index >= 15 is 0 Å². The number of carbonyl (C=O) groups is 1. The average Bonchev–Trinajstić information content (AvgIpc) is 2.60. The molecular formula is C18H15F3N2O2. The predicted octanol–water partition coefficient (Wildman–Crippen LogP) is 3.77. The highest BCUT2D eigenvalue weighted by Gasteiger charge is 2.32. The Balaban J connectivity index is 1.73. The van der Waals surface area contributed by atoms with Crippen LogP contribution >= 0.6 is 0 Å². The number of hydrogen-bond acceptors (Lipinski definition) is 3. The fourth-order valence-electron chi connectivity index (χ4n) is 1.83. The minimum atomic E-state index is -4.50. The lowest BCUT2D eigenvalue weighted by Gasteiger charge is -2.05. The number of carbonyl (C=O) groups excluding carboxylic acids is 1. The van der Waals surface area contributed by atoms with Crippen molar-refractivity contribution >= 4 is 6.09 Å². The molecule has 0 saturated carbocycles. The largest absolute Gasteiger partial charge is 0.445 e. The number of benzene rings is 1. The van der Waals surface area contributed by atoms with Crippen LogP contribution in [0.4, 0.5) is 18.0 Å². The number of aromatic nitrogens is 1. The second-order valence-corrected chi connectivity index (χ2v) is 4.97. The number of hydrogen-bond donors (Lipinski definition) is 1. The number of rotatable bonds is 4. The normalized spacial score (nSPS) is 10.5. The molecule has 1 aromatic carbocycles. The number of pyridine rings is 1. The summed E-state index contributed by atoms with van der Waals surface area (Å²) in [5.41, 5.74) is 0.103. The van der Waals surface area contributed by atoms with Gasteiger partial charge in [0.15, 0.2) is 0 Å². The molecule has 0 aliphatic carbocycles. The number of alkyl halides is 3. The smallest absolute Gasteiger partial charge is 0.433 e. The fourth-order valence-corrected chi connectivity index (χ4v) is 1.83. The van der Waals surface area contributed by atoms with Crippen molar-refractivity contribution in [2.75, 3.05) is 6.54 Å². The van der Waals surface area contributed by atoms with Crippen LogP contribution in [-0.4, -0.2) is 17.6 Å². The molecule has 7 heteroatoms. The van der Waals surface area contributed by atoms with E-state index in [9.17, 15) is 18.0 Å². The highest BCUT2D eigenvalue weighted by molar-refractivity contribution is 5.67. The lowest BCUT2D eigenvalue weighted by Crippen LogP contribution is -2.24. The topological polar surface area (TPSA) is 51.2 Å². The predicted molar refractivity (Wildman–Crippen MR) is 85.4 cm³/mol. The molecule has 0 spiro atoms. The second-order valence-electron chi connectivity index (χ2n) is 4.97. The monoisotopic (exact) mass is 348 g/mol. The molecular weight excluding hydrogens is 333 g/mol. The summed E-state index contributed by atoms with van der Waals surface area (Å²) in [5.74, 6) is 5.30. The van der Waals surface area contributed by atoms with Crippen molar-refractivity contribution in [3.05, 3.63) is 65.5 Å². The zero-order valence-electron chi connectivity index (χ0n) is 13.1. The molecule has 1 heterocycles. The van der Waals surface area contributed by atoms with E-state index in [0.717, 1.165) is 17.8 Å². The van der Waals surface area contributed by atoms with Crippen molar-refractivity contribution in [3.8, 4) is 11.8 Å². The number of halogens is 3. The molecule has 2 aromatic rings. The Morgan fingerprint density at radius 3 is 2.68 bits per heavy atom. The summed E-state index contributed by atoms with van der Waals surface area (Å²) < 4.78 is 42.6. The van der Waals surface area contributed by atoms with Crippen molar-refractivity contribution in [2.45, 2.75) is 19.2 Å². The third kappa shape index (κ3) is 6.55. The van der Waals surface area contributed by atoms with E-state index < -0.39 is 18.0 Å². The van der Waals surface area contributed by atoms with Gasteiger partial charge < -0.3 is 10.1 Å². The number of nitrogens with zero attached hydrogens (tertiary/aromatic N) is 1. The Morgan fingerprint density at radius 2 is 1.96 bits per heavy atom. The summed E-state index contributed by atoms with van der Waals surface area (Å²) in [6.07, 6.45) is -3.73. The lowest BCUT2D eigenvalue weighted by atomic mass is 10.2. The van der Waals surface area contributed by atoms with Crippen molar-refractivity contribution in [2.24, 2.45) is 0 Å². The fraction of sp³-hybridized carbons (Fsp3) is 0.222. The van der Waals surface area contributed by atoms with Crippen LogP contribution in [0, 0.1) is 11.8 Å². The molecule has 25 heavy (non-hydrogen) atoms. The Labute approximate surface area is 143 Å². The van der Waals surface area contributed by atoms with Crippen LogP contribution in [0.1, 0.15) is 23.2 Å². The summed E-state index contributed by atoms with van der Waals surface area (Å²) in [4.78, 5) is 14.7. The van der Waals surface area contributed by atoms with E-state index in [1.165, 1.54) is 6.07 Å². The summed E-state index contributed by atoms with van der Waals surface area (Å²) in [5, 5.41) is 2.52. The molecule has 0 unspecified atom stereocenters. The molecule has 0 saturated heterocycles. The van der Waals surface area contributed by atoms with Gasteiger partial charge in [-0.25, -0.2) is 4.79 Å². The maximum absolute atomic E-state index is 12.5. The summed E-state index contributed by atoms with van der Waals surface area (Å²) >= 11 is 0. The van der Waals surface area contributed by atoms with Crippen molar-refractivity contribution in [1.82, 2.24) is 10.3 Å². The second kappa shape index (κ2) is 8.73. The number of nitrogens with one attached hydrogen (secondary N) is 1. The van der Waals surface area contributed by atoms with E-state index in [2.05, 4.69) is 22.1 Å². The standard InChI is InChI=1S/C18H15F3N2O2/c19-18(20,21)16-12-14(9-11-22-16)6-4-5-10-23-17(24)25-13-15-7-2-1-3-8-15/h1-3,7-9,11-12H,5,10,13H2,(H,23,24). The molecule has 0 fully saturated rings. The molecule has 0 aliphatic rings.